The van der Waals surface area contributed by atoms with Gasteiger partial charge in [-0.05, 0) is 22.6 Å². The number of ether oxygens (including phenoxy) is 1. The number of aromatic nitrogens is 1. The highest BCUT2D eigenvalue weighted by atomic mass is 127. The maximum Gasteiger partial charge on any atom is 0.280 e. The molecule has 0 atom stereocenters. The molecule has 6 heteroatoms. The van der Waals surface area contributed by atoms with Gasteiger partial charge < -0.3 is 10.5 Å². The fourth-order valence-corrected chi connectivity index (χ4v) is 1.78. The van der Waals surface area contributed by atoms with Gasteiger partial charge in [0, 0.05) is 18.2 Å². The van der Waals surface area contributed by atoms with Gasteiger partial charge in [-0.3, -0.25) is 0 Å². The zero-order chi connectivity index (χ0) is 10.7. The molecule has 0 radical (unpaired) electrons. The minimum absolute atomic E-state index is 0.220. The normalized spacial score (nSPS) is 10.7. The number of hydrogen-bond acceptors (Lipinski definition) is 3. The van der Waals surface area contributed by atoms with Gasteiger partial charge in [-0.2, -0.15) is 0 Å². The Balaban J connectivity index is 3.24. The van der Waals surface area contributed by atoms with Crippen LogP contribution >= 0.6 is 22.6 Å². The molecule has 1 aromatic rings. The van der Waals surface area contributed by atoms with E-state index in [4.69, 9.17) is 10.5 Å². The first-order valence-corrected chi connectivity index (χ1v) is 4.89. The lowest BCUT2D eigenvalue weighted by molar-refractivity contribution is 0.145. The first-order chi connectivity index (χ1) is 6.60. The minimum Gasteiger partial charge on any atom is -0.496 e. The van der Waals surface area contributed by atoms with Gasteiger partial charge in [0.2, 0.25) is 0 Å². The predicted molar refractivity (Wildman–Crippen MR) is 56.4 cm³/mol. The molecule has 0 aromatic carbocycles. The lowest BCUT2D eigenvalue weighted by Gasteiger charge is -2.10. The van der Waals surface area contributed by atoms with Crippen molar-refractivity contribution < 1.29 is 13.5 Å². The molecule has 0 aliphatic heterocycles. The standard InChI is InChI=1S/C8H9F2IN2O/c1-14-6-2-5(7(9)10)13-8(11)4(6)3-12/h2,7H,3,12H2,1H3. The van der Waals surface area contributed by atoms with Crippen LogP contribution in [0.3, 0.4) is 0 Å². The summed E-state index contributed by atoms with van der Waals surface area (Å²) in [5, 5.41) is 0. The van der Waals surface area contributed by atoms with Crippen LogP contribution in [-0.4, -0.2) is 12.1 Å². The van der Waals surface area contributed by atoms with E-state index < -0.39 is 6.43 Å². The van der Waals surface area contributed by atoms with E-state index in [-0.39, 0.29) is 12.2 Å². The quantitative estimate of drug-likeness (QED) is 0.686. The van der Waals surface area contributed by atoms with Crippen LogP contribution in [0.25, 0.3) is 0 Å². The highest BCUT2D eigenvalue weighted by Gasteiger charge is 2.15. The number of pyridine rings is 1. The number of nitrogens with two attached hydrogens (primary N) is 1. The summed E-state index contributed by atoms with van der Waals surface area (Å²) in [7, 11) is 1.42. The molecule has 0 amide bonds. The fourth-order valence-electron chi connectivity index (χ4n) is 1.01. The van der Waals surface area contributed by atoms with Crippen molar-refractivity contribution in [2.45, 2.75) is 13.0 Å². The van der Waals surface area contributed by atoms with Crippen molar-refractivity contribution in [3.05, 3.63) is 21.0 Å². The van der Waals surface area contributed by atoms with Crippen molar-refractivity contribution in [2.24, 2.45) is 5.73 Å². The molecular formula is C8H9F2IN2O. The van der Waals surface area contributed by atoms with Crippen LogP contribution in [0.4, 0.5) is 8.78 Å². The van der Waals surface area contributed by atoms with E-state index in [1.807, 2.05) is 22.6 Å². The van der Waals surface area contributed by atoms with Gasteiger partial charge in [0.15, 0.2) is 0 Å². The molecule has 0 saturated carbocycles. The van der Waals surface area contributed by atoms with Gasteiger partial charge in [0.25, 0.3) is 6.43 Å². The number of rotatable bonds is 3. The summed E-state index contributed by atoms with van der Waals surface area (Å²) in [6.45, 7) is 0.220. The van der Waals surface area contributed by atoms with E-state index in [0.717, 1.165) is 0 Å². The Labute approximate surface area is 93.8 Å². The Bertz CT molecular complexity index is 333. The SMILES string of the molecule is COc1cc(C(F)F)nc(I)c1CN. The highest BCUT2D eigenvalue weighted by Crippen LogP contribution is 2.27. The molecule has 0 bridgehead atoms. The second-order valence-electron chi connectivity index (χ2n) is 2.52. The van der Waals surface area contributed by atoms with Crippen molar-refractivity contribution in [1.29, 1.82) is 0 Å². The topological polar surface area (TPSA) is 48.1 Å². The van der Waals surface area contributed by atoms with Crippen LogP contribution in [0.2, 0.25) is 0 Å². The molecule has 1 aromatic heterocycles. The van der Waals surface area contributed by atoms with Gasteiger partial charge in [0.1, 0.15) is 15.1 Å². The summed E-state index contributed by atoms with van der Waals surface area (Å²) in [6.07, 6.45) is -2.59. The van der Waals surface area contributed by atoms with Crippen LogP contribution in [0.1, 0.15) is 17.7 Å². The van der Waals surface area contributed by atoms with E-state index in [9.17, 15) is 8.78 Å². The fraction of sp³-hybridized carbons (Fsp3) is 0.375. The molecule has 3 nitrogen and oxygen atoms in total. The van der Waals surface area contributed by atoms with Crippen LogP contribution in [-0.2, 0) is 6.54 Å². The van der Waals surface area contributed by atoms with Crippen LogP contribution < -0.4 is 10.5 Å². The Kier molecular flexibility index (Phi) is 3.99. The molecule has 0 aliphatic rings. The summed E-state index contributed by atoms with van der Waals surface area (Å²) < 4.78 is 30.1. The molecular weight excluding hydrogens is 305 g/mol. The van der Waals surface area contributed by atoms with Crippen molar-refractivity contribution in [3.63, 3.8) is 0 Å². The van der Waals surface area contributed by atoms with Gasteiger partial charge in [0.05, 0.1) is 7.11 Å². The van der Waals surface area contributed by atoms with E-state index in [2.05, 4.69) is 4.98 Å². The highest BCUT2D eigenvalue weighted by molar-refractivity contribution is 14.1. The maximum atomic E-state index is 12.3. The van der Waals surface area contributed by atoms with E-state index in [0.29, 0.717) is 15.0 Å². The number of hydrogen-bond donors (Lipinski definition) is 1. The number of alkyl halides is 2. The molecule has 0 spiro atoms. The third kappa shape index (κ3) is 2.30. The zero-order valence-corrected chi connectivity index (χ0v) is 9.59. The van der Waals surface area contributed by atoms with Gasteiger partial charge in [-0.15, -0.1) is 0 Å². The largest absolute Gasteiger partial charge is 0.496 e. The molecule has 2 N–H and O–H groups in total. The van der Waals surface area contributed by atoms with E-state index in [1.165, 1.54) is 13.2 Å². The third-order valence-corrected chi connectivity index (χ3v) is 2.59. The second-order valence-corrected chi connectivity index (χ2v) is 3.55. The lowest BCUT2D eigenvalue weighted by Crippen LogP contribution is -2.06. The van der Waals surface area contributed by atoms with Crippen molar-refractivity contribution >= 4 is 22.6 Å². The Morgan fingerprint density at radius 2 is 2.29 bits per heavy atom. The van der Waals surface area contributed by atoms with Crippen molar-refractivity contribution in [1.82, 2.24) is 4.98 Å². The first-order valence-electron chi connectivity index (χ1n) is 3.81. The molecule has 14 heavy (non-hydrogen) atoms. The number of methoxy groups -OCH3 is 1. The van der Waals surface area contributed by atoms with Crippen molar-refractivity contribution in [2.75, 3.05) is 7.11 Å². The molecule has 0 unspecified atom stereocenters. The first kappa shape index (κ1) is 11.6. The average Bonchev–Trinajstić information content (AvgIpc) is 2.16. The molecule has 0 fully saturated rings. The third-order valence-electron chi connectivity index (χ3n) is 1.70. The van der Waals surface area contributed by atoms with Gasteiger partial charge in [-0.1, -0.05) is 0 Å². The molecule has 1 heterocycles. The van der Waals surface area contributed by atoms with Gasteiger partial charge in [-0.25, -0.2) is 13.8 Å². The number of nitrogens with zero attached hydrogens (tertiary/aromatic N) is 1. The van der Waals surface area contributed by atoms with E-state index >= 15 is 0 Å². The monoisotopic (exact) mass is 314 g/mol. The summed E-state index contributed by atoms with van der Waals surface area (Å²) >= 11 is 1.86. The van der Waals surface area contributed by atoms with Crippen LogP contribution in [0, 0.1) is 3.70 Å². The number of halogens is 3. The van der Waals surface area contributed by atoms with Crippen molar-refractivity contribution in [3.8, 4) is 5.75 Å². The summed E-state index contributed by atoms with van der Waals surface area (Å²) in [5.74, 6) is 0.363. The average molecular weight is 314 g/mol. The minimum atomic E-state index is -2.59. The Morgan fingerprint density at radius 3 is 2.71 bits per heavy atom. The van der Waals surface area contributed by atoms with Crippen LogP contribution in [0.15, 0.2) is 6.07 Å². The van der Waals surface area contributed by atoms with E-state index in [1.54, 1.807) is 0 Å². The summed E-state index contributed by atoms with van der Waals surface area (Å²) in [5.41, 5.74) is 5.80. The predicted octanol–water partition coefficient (Wildman–Crippen LogP) is 2.09. The molecule has 1 rings (SSSR count). The van der Waals surface area contributed by atoms with Crippen LogP contribution in [0.5, 0.6) is 5.75 Å². The Hall–Kier alpha value is -0.500. The summed E-state index contributed by atoms with van der Waals surface area (Å²) in [6, 6.07) is 1.22. The second kappa shape index (κ2) is 4.83. The molecule has 0 saturated heterocycles. The lowest BCUT2D eigenvalue weighted by atomic mass is 10.2. The smallest absolute Gasteiger partial charge is 0.280 e. The molecule has 78 valence electrons. The molecule has 0 aliphatic carbocycles. The zero-order valence-electron chi connectivity index (χ0n) is 7.43. The summed E-state index contributed by atoms with van der Waals surface area (Å²) in [4.78, 5) is 3.73. The Morgan fingerprint density at radius 1 is 1.64 bits per heavy atom. The van der Waals surface area contributed by atoms with Gasteiger partial charge >= 0.3 is 0 Å². The maximum absolute atomic E-state index is 12.3.